The third-order valence-corrected chi connectivity index (χ3v) is 2.85. The van der Waals surface area contributed by atoms with Crippen molar-refractivity contribution in [3.05, 3.63) is 53.6 Å². The van der Waals surface area contributed by atoms with Gasteiger partial charge in [0.2, 0.25) is 5.91 Å². The summed E-state index contributed by atoms with van der Waals surface area (Å²) in [5, 5.41) is 30.4. The molecule has 6 heteroatoms. The number of nitrogens with one attached hydrogen (secondary N) is 1. The van der Waals surface area contributed by atoms with Crippen molar-refractivity contribution in [3.63, 3.8) is 0 Å². The van der Waals surface area contributed by atoms with Crippen molar-refractivity contribution in [1.29, 1.82) is 0 Å². The van der Waals surface area contributed by atoms with E-state index in [0.29, 0.717) is 5.56 Å². The number of hydrogen-bond donors (Lipinski definition) is 4. The lowest BCUT2D eigenvalue weighted by Crippen LogP contribution is -2.16. The largest absolute Gasteiger partial charge is 0.508 e. The third kappa shape index (κ3) is 3.50. The number of para-hydroxylation sites is 1. The number of carbonyl (C=O) groups excluding carboxylic acids is 1. The molecule has 2 aromatic rings. The van der Waals surface area contributed by atoms with Gasteiger partial charge in [0, 0.05) is 5.56 Å². The summed E-state index contributed by atoms with van der Waals surface area (Å²) in [5.74, 6) is -1.93. The second-order valence-electron chi connectivity index (χ2n) is 4.39. The molecule has 0 aliphatic carbocycles. The van der Waals surface area contributed by atoms with Crippen LogP contribution in [0, 0.1) is 0 Å². The molecule has 0 unspecified atom stereocenters. The van der Waals surface area contributed by atoms with Gasteiger partial charge in [0.1, 0.15) is 11.5 Å². The number of hydrogen-bond acceptors (Lipinski definition) is 4. The van der Waals surface area contributed by atoms with Crippen molar-refractivity contribution in [3.8, 4) is 11.5 Å². The number of carbonyl (C=O) groups is 2. The molecule has 0 heterocycles. The summed E-state index contributed by atoms with van der Waals surface area (Å²) in [6.07, 6.45) is -0.0907. The summed E-state index contributed by atoms with van der Waals surface area (Å²) in [6.45, 7) is 0. The Labute approximate surface area is 120 Å². The molecule has 0 saturated carbocycles. The van der Waals surface area contributed by atoms with Crippen LogP contribution < -0.4 is 5.32 Å². The van der Waals surface area contributed by atoms with E-state index in [1.54, 1.807) is 18.2 Å². The Morgan fingerprint density at radius 3 is 2.43 bits per heavy atom. The van der Waals surface area contributed by atoms with E-state index in [1.807, 2.05) is 0 Å². The fourth-order valence-corrected chi connectivity index (χ4v) is 1.85. The zero-order valence-electron chi connectivity index (χ0n) is 10.9. The maximum Gasteiger partial charge on any atom is 0.337 e. The van der Waals surface area contributed by atoms with Crippen molar-refractivity contribution in [2.45, 2.75) is 6.42 Å². The summed E-state index contributed by atoms with van der Waals surface area (Å²) >= 11 is 0. The van der Waals surface area contributed by atoms with E-state index in [-0.39, 0.29) is 29.2 Å². The van der Waals surface area contributed by atoms with Crippen LogP contribution in [-0.4, -0.2) is 27.2 Å². The third-order valence-electron chi connectivity index (χ3n) is 2.85. The second-order valence-corrected chi connectivity index (χ2v) is 4.39. The lowest BCUT2D eigenvalue weighted by atomic mass is 10.1. The lowest BCUT2D eigenvalue weighted by molar-refractivity contribution is -0.115. The molecule has 21 heavy (non-hydrogen) atoms. The standard InChI is InChI=1S/C15H13NO5/c17-10-5-6-12(11(8-10)15(20)21)16-14(19)7-9-3-1-2-4-13(9)18/h1-6,8,17-18H,7H2,(H,16,19)(H,20,21). The van der Waals surface area contributed by atoms with Gasteiger partial charge in [-0.15, -0.1) is 0 Å². The molecule has 0 bridgehead atoms. The van der Waals surface area contributed by atoms with E-state index < -0.39 is 11.9 Å². The maximum atomic E-state index is 11.9. The smallest absolute Gasteiger partial charge is 0.337 e. The first kappa shape index (κ1) is 14.4. The van der Waals surface area contributed by atoms with E-state index >= 15 is 0 Å². The van der Waals surface area contributed by atoms with Gasteiger partial charge in [0.05, 0.1) is 17.7 Å². The van der Waals surface area contributed by atoms with Gasteiger partial charge in [0.25, 0.3) is 0 Å². The Morgan fingerprint density at radius 1 is 1.05 bits per heavy atom. The number of phenols is 2. The van der Waals surface area contributed by atoms with Crippen LogP contribution >= 0.6 is 0 Å². The van der Waals surface area contributed by atoms with E-state index in [2.05, 4.69) is 5.32 Å². The van der Waals surface area contributed by atoms with Crippen molar-refractivity contribution < 1.29 is 24.9 Å². The average molecular weight is 287 g/mol. The van der Waals surface area contributed by atoms with Gasteiger partial charge in [-0.1, -0.05) is 18.2 Å². The van der Waals surface area contributed by atoms with Gasteiger partial charge in [-0.2, -0.15) is 0 Å². The molecule has 0 aromatic heterocycles. The summed E-state index contributed by atoms with van der Waals surface area (Å²) in [6, 6.07) is 10.0. The summed E-state index contributed by atoms with van der Waals surface area (Å²) in [4.78, 5) is 23.0. The number of carboxylic acid groups (broad SMARTS) is 1. The summed E-state index contributed by atoms with van der Waals surface area (Å²) in [7, 11) is 0. The van der Waals surface area contributed by atoms with E-state index in [9.17, 15) is 19.8 Å². The van der Waals surface area contributed by atoms with Gasteiger partial charge in [-0.25, -0.2) is 4.79 Å². The number of carboxylic acids is 1. The predicted octanol–water partition coefficient (Wildman–Crippen LogP) is 1.98. The molecule has 0 atom stereocenters. The molecule has 4 N–H and O–H groups in total. The molecule has 0 saturated heterocycles. The normalized spacial score (nSPS) is 10.1. The van der Waals surface area contributed by atoms with Gasteiger partial charge in [-0.3, -0.25) is 4.79 Å². The molecular formula is C15H13NO5. The Hall–Kier alpha value is -3.02. The van der Waals surface area contributed by atoms with Crippen LogP contribution in [0.4, 0.5) is 5.69 Å². The Kier molecular flexibility index (Phi) is 4.08. The fraction of sp³-hybridized carbons (Fsp3) is 0.0667. The monoisotopic (exact) mass is 287 g/mol. The highest BCUT2D eigenvalue weighted by atomic mass is 16.4. The Balaban J connectivity index is 2.17. The molecule has 0 spiro atoms. The predicted molar refractivity (Wildman–Crippen MR) is 75.5 cm³/mol. The van der Waals surface area contributed by atoms with Crippen molar-refractivity contribution in [1.82, 2.24) is 0 Å². The van der Waals surface area contributed by atoms with Crippen LogP contribution in [0.5, 0.6) is 11.5 Å². The first-order valence-electron chi connectivity index (χ1n) is 6.10. The van der Waals surface area contributed by atoms with Crippen molar-refractivity contribution >= 4 is 17.6 Å². The van der Waals surface area contributed by atoms with E-state index in [0.717, 1.165) is 6.07 Å². The molecule has 0 aliphatic rings. The molecule has 0 fully saturated rings. The van der Waals surface area contributed by atoms with E-state index in [1.165, 1.54) is 18.2 Å². The average Bonchev–Trinajstić information content (AvgIpc) is 2.43. The molecule has 0 aliphatic heterocycles. The minimum absolute atomic E-state index is 0.00295. The van der Waals surface area contributed by atoms with Gasteiger partial charge in [-0.05, 0) is 24.3 Å². The Morgan fingerprint density at radius 2 is 1.76 bits per heavy atom. The molecule has 2 aromatic carbocycles. The quantitative estimate of drug-likeness (QED) is 0.643. The first-order valence-corrected chi connectivity index (χ1v) is 6.10. The number of aromatic hydroxyl groups is 2. The van der Waals surface area contributed by atoms with Crippen LogP contribution in [0.2, 0.25) is 0 Å². The van der Waals surface area contributed by atoms with E-state index in [4.69, 9.17) is 5.11 Å². The van der Waals surface area contributed by atoms with Crippen LogP contribution in [-0.2, 0) is 11.2 Å². The van der Waals surface area contributed by atoms with Crippen molar-refractivity contribution in [2.24, 2.45) is 0 Å². The number of amides is 1. The van der Waals surface area contributed by atoms with Crippen LogP contribution in [0.1, 0.15) is 15.9 Å². The van der Waals surface area contributed by atoms with Crippen molar-refractivity contribution in [2.75, 3.05) is 5.32 Å². The van der Waals surface area contributed by atoms with Crippen LogP contribution in [0.15, 0.2) is 42.5 Å². The highest BCUT2D eigenvalue weighted by molar-refractivity contribution is 6.01. The molecule has 6 nitrogen and oxygen atoms in total. The summed E-state index contributed by atoms with van der Waals surface area (Å²) in [5.41, 5.74) is 0.312. The van der Waals surface area contributed by atoms with Crippen LogP contribution in [0.3, 0.4) is 0 Å². The lowest BCUT2D eigenvalue weighted by Gasteiger charge is -2.09. The number of phenolic OH excluding ortho intramolecular Hbond substituents is 2. The van der Waals surface area contributed by atoms with Gasteiger partial charge >= 0.3 is 5.97 Å². The maximum absolute atomic E-state index is 11.9. The highest BCUT2D eigenvalue weighted by Crippen LogP contribution is 2.22. The number of benzene rings is 2. The van der Waals surface area contributed by atoms with Gasteiger partial charge < -0.3 is 20.6 Å². The molecule has 2 rings (SSSR count). The first-order chi connectivity index (χ1) is 9.97. The Bertz CT molecular complexity index is 696. The fourth-order valence-electron chi connectivity index (χ4n) is 1.85. The minimum Gasteiger partial charge on any atom is -0.508 e. The zero-order chi connectivity index (χ0) is 15.4. The SMILES string of the molecule is O=C(Cc1ccccc1O)Nc1ccc(O)cc1C(=O)O. The summed E-state index contributed by atoms with van der Waals surface area (Å²) < 4.78 is 0. The zero-order valence-corrected chi connectivity index (χ0v) is 10.9. The highest BCUT2D eigenvalue weighted by Gasteiger charge is 2.14. The topological polar surface area (TPSA) is 107 Å². The molecule has 0 radical (unpaired) electrons. The van der Waals surface area contributed by atoms with Gasteiger partial charge in [0.15, 0.2) is 0 Å². The number of aromatic carboxylic acids is 1. The number of anilines is 1. The molecule has 1 amide bonds. The molecule has 108 valence electrons. The second kappa shape index (κ2) is 5.96. The number of rotatable bonds is 4. The molecular weight excluding hydrogens is 274 g/mol. The minimum atomic E-state index is -1.26. The van der Waals surface area contributed by atoms with Crippen LogP contribution in [0.25, 0.3) is 0 Å².